The lowest BCUT2D eigenvalue weighted by atomic mass is 10.1. The Labute approximate surface area is 152 Å². The van der Waals surface area contributed by atoms with E-state index in [0.717, 1.165) is 5.56 Å². The van der Waals surface area contributed by atoms with Gasteiger partial charge in [0.1, 0.15) is 0 Å². The smallest absolute Gasteiger partial charge is 0.313 e. The molecule has 2 aromatic rings. The van der Waals surface area contributed by atoms with Crippen molar-refractivity contribution in [1.29, 1.82) is 0 Å². The van der Waals surface area contributed by atoms with E-state index in [0.29, 0.717) is 18.5 Å². The monoisotopic (exact) mass is 351 g/mol. The number of anilines is 1. The summed E-state index contributed by atoms with van der Waals surface area (Å²) in [7, 11) is 0. The molecule has 3 amide bonds. The molecule has 3 N–H and O–H groups in total. The van der Waals surface area contributed by atoms with Crippen LogP contribution in [-0.4, -0.2) is 30.8 Å². The Morgan fingerprint density at radius 1 is 0.885 bits per heavy atom. The van der Waals surface area contributed by atoms with Crippen LogP contribution in [0.5, 0.6) is 0 Å². The first-order valence-electron chi connectivity index (χ1n) is 8.23. The molecule has 0 heterocycles. The Balaban J connectivity index is 1.96. The summed E-state index contributed by atoms with van der Waals surface area (Å²) >= 11 is 0. The zero-order chi connectivity index (χ0) is 18.8. The molecule has 6 nitrogen and oxygen atoms in total. The predicted octanol–water partition coefficient (Wildman–Crippen LogP) is 1.90. The van der Waals surface area contributed by atoms with Crippen LogP contribution < -0.4 is 16.0 Å². The van der Waals surface area contributed by atoms with Crippen LogP contribution in [0, 0.1) is 0 Å². The highest BCUT2D eigenvalue weighted by Crippen LogP contribution is 2.15. The molecule has 2 rings (SSSR count). The van der Waals surface area contributed by atoms with Gasteiger partial charge < -0.3 is 16.0 Å². The van der Waals surface area contributed by atoms with E-state index in [4.69, 9.17) is 0 Å². The van der Waals surface area contributed by atoms with Crippen LogP contribution in [0.25, 0.3) is 0 Å². The predicted molar refractivity (Wildman–Crippen MR) is 101 cm³/mol. The van der Waals surface area contributed by atoms with E-state index in [-0.39, 0.29) is 18.1 Å². The maximum atomic E-state index is 12.4. The number of nitrogens with one attached hydrogen (secondary N) is 3. The molecule has 0 saturated heterocycles. The Morgan fingerprint density at radius 3 is 2.31 bits per heavy atom. The number of hydrogen-bond donors (Lipinski definition) is 3. The fourth-order valence-electron chi connectivity index (χ4n) is 2.27. The van der Waals surface area contributed by atoms with Crippen LogP contribution in [0.2, 0.25) is 0 Å². The molecule has 0 aliphatic carbocycles. The number of rotatable bonds is 7. The van der Waals surface area contributed by atoms with Crippen LogP contribution in [0.1, 0.15) is 15.9 Å². The maximum absolute atomic E-state index is 12.4. The van der Waals surface area contributed by atoms with Gasteiger partial charge in [0, 0.05) is 13.1 Å². The Bertz CT molecular complexity index is 788. The van der Waals surface area contributed by atoms with Gasteiger partial charge in [0.05, 0.1) is 11.3 Å². The molecule has 0 unspecified atom stereocenters. The van der Waals surface area contributed by atoms with Gasteiger partial charge >= 0.3 is 11.8 Å². The minimum atomic E-state index is -0.837. The van der Waals surface area contributed by atoms with E-state index < -0.39 is 11.8 Å². The highest BCUT2D eigenvalue weighted by Gasteiger charge is 2.17. The summed E-state index contributed by atoms with van der Waals surface area (Å²) in [4.78, 5) is 36.0. The summed E-state index contributed by atoms with van der Waals surface area (Å²) in [5.41, 5.74) is 1.70. The van der Waals surface area contributed by atoms with E-state index in [2.05, 4.69) is 22.5 Å². The first-order chi connectivity index (χ1) is 12.6. The highest BCUT2D eigenvalue weighted by atomic mass is 16.2. The summed E-state index contributed by atoms with van der Waals surface area (Å²) in [5, 5.41) is 7.67. The van der Waals surface area contributed by atoms with Crippen molar-refractivity contribution in [2.75, 3.05) is 18.4 Å². The fourth-order valence-corrected chi connectivity index (χ4v) is 2.27. The molecule has 134 valence electrons. The number of carbonyl (C=O) groups is 3. The summed E-state index contributed by atoms with van der Waals surface area (Å²) in [5.74, 6) is -1.94. The normalized spacial score (nSPS) is 9.85. The fraction of sp³-hybridized carbons (Fsp3) is 0.150. The molecule has 0 aliphatic rings. The second kappa shape index (κ2) is 9.78. The van der Waals surface area contributed by atoms with Crippen molar-refractivity contribution in [1.82, 2.24) is 10.6 Å². The molecule has 26 heavy (non-hydrogen) atoms. The molecular formula is C20H21N3O3. The van der Waals surface area contributed by atoms with Gasteiger partial charge in [0.25, 0.3) is 5.91 Å². The van der Waals surface area contributed by atoms with E-state index in [1.165, 1.54) is 6.08 Å². The van der Waals surface area contributed by atoms with Crippen molar-refractivity contribution in [3.8, 4) is 0 Å². The summed E-state index contributed by atoms with van der Waals surface area (Å²) < 4.78 is 0. The average molecular weight is 351 g/mol. The zero-order valence-electron chi connectivity index (χ0n) is 14.3. The molecule has 0 bridgehead atoms. The van der Waals surface area contributed by atoms with E-state index in [1.807, 2.05) is 30.3 Å². The van der Waals surface area contributed by atoms with E-state index in [1.54, 1.807) is 24.3 Å². The number of carbonyl (C=O) groups excluding carboxylic acids is 3. The van der Waals surface area contributed by atoms with Crippen LogP contribution in [0.15, 0.2) is 67.3 Å². The standard InChI is InChI=1S/C20H21N3O3/c1-2-13-21-19(25)20(26)23-17-11-7-6-10-16(17)18(24)22-14-12-15-8-4-3-5-9-15/h2-11H,1,12-14H2,(H,21,25)(H,22,24)(H,23,26). The van der Waals surface area contributed by atoms with Gasteiger partial charge in [0.15, 0.2) is 0 Å². The molecule has 0 atom stereocenters. The largest absolute Gasteiger partial charge is 0.352 e. The van der Waals surface area contributed by atoms with Crippen molar-refractivity contribution in [2.45, 2.75) is 6.42 Å². The van der Waals surface area contributed by atoms with Crippen LogP contribution in [-0.2, 0) is 16.0 Å². The minimum absolute atomic E-state index is 0.188. The lowest BCUT2D eigenvalue weighted by Gasteiger charge is -2.11. The maximum Gasteiger partial charge on any atom is 0.313 e. The molecule has 0 fully saturated rings. The zero-order valence-corrected chi connectivity index (χ0v) is 14.3. The minimum Gasteiger partial charge on any atom is -0.352 e. The number of amides is 3. The Hall–Kier alpha value is -3.41. The third-order valence-corrected chi connectivity index (χ3v) is 3.58. The molecule has 0 saturated carbocycles. The van der Waals surface area contributed by atoms with E-state index >= 15 is 0 Å². The second-order valence-corrected chi connectivity index (χ2v) is 5.49. The number of benzene rings is 2. The first-order valence-corrected chi connectivity index (χ1v) is 8.23. The topological polar surface area (TPSA) is 87.3 Å². The quantitative estimate of drug-likeness (QED) is 0.526. The SMILES string of the molecule is C=CCNC(=O)C(=O)Nc1ccccc1C(=O)NCCc1ccccc1. The van der Waals surface area contributed by atoms with Crippen LogP contribution in [0.3, 0.4) is 0 Å². The van der Waals surface area contributed by atoms with Gasteiger partial charge in [-0.05, 0) is 24.1 Å². The van der Waals surface area contributed by atoms with Gasteiger partial charge in [0.2, 0.25) is 0 Å². The average Bonchev–Trinajstić information content (AvgIpc) is 2.67. The number of hydrogen-bond acceptors (Lipinski definition) is 3. The van der Waals surface area contributed by atoms with Crippen molar-refractivity contribution in [3.63, 3.8) is 0 Å². The molecule has 0 aliphatic heterocycles. The van der Waals surface area contributed by atoms with Gasteiger partial charge in [-0.1, -0.05) is 48.5 Å². The first kappa shape index (κ1) is 18.9. The molecule has 0 spiro atoms. The summed E-state index contributed by atoms with van der Waals surface area (Å²) in [6, 6.07) is 16.3. The third-order valence-electron chi connectivity index (χ3n) is 3.58. The van der Waals surface area contributed by atoms with Gasteiger partial charge in [-0.3, -0.25) is 14.4 Å². The second-order valence-electron chi connectivity index (χ2n) is 5.49. The molecule has 0 radical (unpaired) electrons. The molecule has 0 aromatic heterocycles. The Kier molecular flexibility index (Phi) is 7.12. The molecular weight excluding hydrogens is 330 g/mol. The lowest BCUT2D eigenvalue weighted by molar-refractivity contribution is -0.136. The van der Waals surface area contributed by atoms with Gasteiger partial charge in [-0.2, -0.15) is 0 Å². The summed E-state index contributed by atoms with van der Waals surface area (Å²) in [6.07, 6.45) is 2.17. The van der Waals surface area contributed by atoms with Crippen molar-refractivity contribution in [3.05, 3.63) is 78.4 Å². The van der Waals surface area contributed by atoms with Crippen molar-refractivity contribution >= 4 is 23.4 Å². The van der Waals surface area contributed by atoms with Gasteiger partial charge in [-0.25, -0.2) is 0 Å². The number of para-hydroxylation sites is 1. The molecule has 6 heteroatoms. The Morgan fingerprint density at radius 2 is 1.58 bits per heavy atom. The van der Waals surface area contributed by atoms with Crippen LogP contribution in [0.4, 0.5) is 5.69 Å². The summed E-state index contributed by atoms with van der Waals surface area (Å²) in [6.45, 7) is 4.12. The third kappa shape index (κ3) is 5.59. The van der Waals surface area contributed by atoms with Crippen molar-refractivity contribution in [2.24, 2.45) is 0 Å². The lowest BCUT2D eigenvalue weighted by Crippen LogP contribution is -2.36. The van der Waals surface area contributed by atoms with Crippen molar-refractivity contribution < 1.29 is 14.4 Å². The highest BCUT2D eigenvalue weighted by molar-refractivity contribution is 6.40. The van der Waals surface area contributed by atoms with E-state index in [9.17, 15) is 14.4 Å². The van der Waals surface area contributed by atoms with Crippen LogP contribution >= 0.6 is 0 Å². The van der Waals surface area contributed by atoms with Gasteiger partial charge in [-0.15, -0.1) is 6.58 Å². The molecule has 2 aromatic carbocycles.